The first-order valence-electron chi connectivity index (χ1n) is 8.87. The van der Waals surface area contributed by atoms with Gasteiger partial charge >= 0.3 is 5.97 Å². The van der Waals surface area contributed by atoms with E-state index >= 15 is 0 Å². The van der Waals surface area contributed by atoms with Crippen LogP contribution in [0.3, 0.4) is 0 Å². The lowest BCUT2D eigenvalue weighted by Gasteiger charge is -2.18. The Kier molecular flexibility index (Phi) is 5.21. The molecule has 0 heterocycles. The van der Waals surface area contributed by atoms with Gasteiger partial charge in [0, 0.05) is 12.8 Å². The molecule has 0 radical (unpaired) electrons. The third-order valence-corrected chi connectivity index (χ3v) is 4.52. The van der Waals surface area contributed by atoms with Crippen molar-refractivity contribution in [3.63, 3.8) is 0 Å². The molecule has 0 saturated heterocycles. The summed E-state index contributed by atoms with van der Waals surface area (Å²) >= 11 is 0. The Balaban J connectivity index is 2.04. The van der Waals surface area contributed by atoms with Gasteiger partial charge in [-0.1, -0.05) is 62.4 Å². The van der Waals surface area contributed by atoms with Crippen LogP contribution in [-0.4, -0.2) is 23.0 Å². The highest BCUT2D eigenvalue weighted by Gasteiger charge is 2.22. The van der Waals surface area contributed by atoms with Gasteiger partial charge < -0.3 is 10.4 Å². The highest BCUT2D eigenvalue weighted by Crippen LogP contribution is 2.29. The van der Waals surface area contributed by atoms with E-state index in [4.69, 9.17) is 0 Å². The van der Waals surface area contributed by atoms with Gasteiger partial charge in [0.25, 0.3) is 0 Å². The average molecular weight is 349 g/mol. The number of fused-ring (bicyclic) bond motifs is 2. The van der Waals surface area contributed by atoms with Crippen LogP contribution in [0.1, 0.15) is 25.8 Å². The van der Waals surface area contributed by atoms with Crippen LogP contribution in [0.15, 0.2) is 54.6 Å². The summed E-state index contributed by atoms with van der Waals surface area (Å²) in [6, 6.07) is 17.1. The number of benzene rings is 3. The standard InChI is InChI=1S/C22H23NO3/c1-14(2)11-21(24)23-20(22(25)26)13-19-17-9-5-3-7-15(17)12-16-8-4-6-10-18(16)19/h3-10,12,14,20H,11,13H2,1-2H3,(H,23,24)(H,25,26)/t20-/m0/s1. The van der Waals surface area contributed by atoms with E-state index in [2.05, 4.69) is 11.4 Å². The first-order chi connectivity index (χ1) is 12.5. The van der Waals surface area contributed by atoms with Gasteiger partial charge in [0.05, 0.1) is 0 Å². The zero-order chi connectivity index (χ0) is 18.7. The molecule has 134 valence electrons. The van der Waals surface area contributed by atoms with Crippen LogP contribution in [0.4, 0.5) is 0 Å². The summed E-state index contributed by atoms with van der Waals surface area (Å²) in [5.74, 6) is -1.06. The minimum Gasteiger partial charge on any atom is -0.480 e. The quantitative estimate of drug-likeness (QED) is 0.657. The molecule has 3 aromatic carbocycles. The third-order valence-electron chi connectivity index (χ3n) is 4.52. The SMILES string of the molecule is CC(C)CC(=O)N[C@@H](Cc1c2ccccc2cc2ccccc12)C(=O)O. The molecule has 0 fully saturated rings. The fourth-order valence-corrected chi connectivity index (χ4v) is 3.36. The predicted molar refractivity (Wildman–Crippen MR) is 104 cm³/mol. The molecule has 4 nitrogen and oxygen atoms in total. The zero-order valence-corrected chi connectivity index (χ0v) is 15.0. The van der Waals surface area contributed by atoms with Gasteiger partial charge in [0.15, 0.2) is 0 Å². The van der Waals surface area contributed by atoms with Gasteiger partial charge in [0.2, 0.25) is 5.91 Å². The number of carboxylic acid groups (broad SMARTS) is 1. The normalized spacial score (nSPS) is 12.4. The monoisotopic (exact) mass is 349 g/mol. The van der Waals surface area contributed by atoms with Gasteiger partial charge in [-0.25, -0.2) is 4.79 Å². The van der Waals surface area contributed by atoms with Crippen LogP contribution < -0.4 is 5.32 Å². The van der Waals surface area contributed by atoms with Crippen molar-refractivity contribution in [1.82, 2.24) is 5.32 Å². The van der Waals surface area contributed by atoms with Crippen LogP contribution in [0.2, 0.25) is 0 Å². The van der Waals surface area contributed by atoms with Crippen LogP contribution in [0, 0.1) is 5.92 Å². The van der Waals surface area contributed by atoms with Crippen molar-refractivity contribution < 1.29 is 14.7 Å². The molecule has 4 heteroatoms. The molecular weight excluding hydrogens is 326 g/mol. The first-order valence-corrected chi connectivity index (χ1v) is 8.87. The molecule has 0 bridgehead atoms. The largest absolute Gasteiger partial charge is 0.480 e. The molecule has 0 spiro atoms. The van der Waals surface area contributed by atoms with E-state index in [0.29, 0.717) is 6.42 Å². The lowest BCUT2D eigenvalue weighted by atomic mass is 9.92. The Morgan fingerprint density at radius 3 is 2.00 bits per heavy atom. The second-order valence-corrected chi connectivity index (χ2v) is 7.06. The zero-order valence-electron chi connectivity index (χ0n) is 15.0. The Bertz CT molecular complexity index is 908. The average Bonchev–Trinajstić information content (AvgIpc) is 2.59. The highest BCUT2D eigenvalue weighted by molar-refractivity contribution is 6.02. The molecule has 3 rings (SSSR count). The molecular formula is C22H23NO3. The summed E-state index contributed by atoms with van der Waals surface area (Å²) in [6.07, 6.45) is 0.571. The summed E-state index contributed by atoms with van der Waals surface area (Å²) in [6.45, 7) is 3.88. The van der Waals surface area contributed by atoms with Crippen LogP contribution in [0.25, 0.3) is 21.5 Å². The van der Waals surface area contributed by atoms with E-state index in [9.17, 15) is 14.7 Å². The van der Waals surface area contributed by atoms with Crippen LogP contribution in [0.5, 0.6) is 0 Å². The lowest BCUT2D eigenvalue weighted by molar-refractivity contribution is -0.141. The number of carbonyl (C=O) groups is 2. The molecule has 3 aromatic rings. The maximum absolute atomic E-state index is 12.1. The number of amides is 1. The van der Waals surface area contributed by atoms with Crippen molar-refractivity contribution in [3.8, 4) is 0 Å². The van der Waals surface area contributed by atoms with Gasteiger partial charge in [0.1, 0.15) is 6.04 Å². The maximum atomic E-state index is 12.1. The Morgan fingerprint density at radius 2 is 1.50 bits per heavy atom. The Morgan fingerprint density at radius 1 is 0.962 bits per heavy atom. The van der Waals surface area contributed by atoms with Gasteiger partial charge in [-0.3, -0.25) is 4.79 Å². The molecule has 2 N–H and O–H groups in total. The molecule has 0 aromatic heterocycles. The minimum absolute atomic E-state index is 0.183. The molecule has 0 aliphatic rings. The molecule has 0 aliphatic heterocycles. The number of rotatable bonds is 6. The maximum Gasteiger partial charge on any atom is 0.326 e. The van der Waals surface area contributed by atoms with E-state index < -0.39 is 12.0 Å². The second-order valence-electron chi connectivity index (χ2n) is 7.06. The van der Waals surface area contributed by atoms with Crippen molar-refractivity contribution in [2.75, 3.05) is 0 Å². The molecule has 0 aliphatic carbocycles. The van der Waals surface area contributed by atoms with E-state index in [-0.39, 0.29) is 18.2 Å². The second kappa shape index (κ2) is 7.56. The number of carbonyl (C=O) groups excluding carboxylic acids is 1. The Hall–Kier alpha value is -2.88. The van der Waals surface area contributed by atoms with Gasteiger partial charge in [-0.2, -0.15) is 0 Å². The van der Waals surface area contributed by atoms with E-state index in [1.807, 2.05) is 62.4 Å². The number of nitrogens with one attached hydrogen (secondary N) is 1. The van der Waals surface area contributed by atoms with E-state index in [1.165, 1.54) is 0 Å². The van der Waals surface area contributed by atoms with Crippen LogP contribution in [-0.2, 0) is 16.0 Å². The summed E-state index contributed by atoms with van der Waals surface area (Å²) in [7, 11) is 0. The fraction of sp³-hybridized carbons (Fsp3) is 0.273. The van der Waals surface area contributed by atoms with Crippen molar-refractivity contribution in [1.29, 1.82) is 0 Å². The summed E-state index contributed by atoms with van der Waals surface area (Å²) < 4.78 is 0. The topological polar surface area (TPSA) is 66.4 Å². The summed E-state index contributed by atoms with van der Waals surface area (Å²) in [5.41, 5.74) is 0.955. The fourth-order valence-electron chi connectivity index (χ4n) is 3.36. The summed E-state index contributed by atoms with van der Waals surface area (Å²) in [5, 5.41) is 16.5. The van der Waals surface area contributed by atoms with Crippen molar-refractivity contribution in [2.45, 2.75) is 32.7 Å². The number of carboxylic acids is 1. The van der Waals surface area contributed by atoms with E-state index in [1.54, 1.807) is 0 Å². The van der Waals surface area contributed by atoms with Crippen molar-refractivity contribution >= 4 is 33.4 Å². The molecule has 0 unspecified atom stereocenters. The third kappa shape index (κ3) is 3.85. The molecule has 26 heavy (non-hydrogen) atoms. The van der Waals surface area contributed by atoms with Crippen molar-refractivity contribution in [3.05, 3.63) is 60.2 Å². The Labute approximate surface area is 152 Å². The predicted octanol–water partition coefficient (Wildman–Crippen LogP) is 4.15. The van der Waals surface area contributed by atoms with Gasteiger partial charge in [-0.15, -0.1) is 0 Å². The van der Waals surface area contributed by atoms with Crippen molar-refractivity contribution in [2.24, 2.45) is 5.92 Å². The molecule has 1 atom stereocenters. The molecule has 0 saturated carbocycles. The first kappa shape index (κ1) is 17.9. The van der Waals surface area contributed by atoms with Crippen LogP contribution >= 0.6 is 0 Å². The highest BCUT2D eigenvalue weighted by atomic mass is 16.4. The molecule has 1 amide bonds. The minimum atomic E-state index is -1.01. The number of aliphatic carboxylic acids is 1. The number of hydrogen-bond donors (Lipinski definition) is 2. The summed E-state index contributed by atoms with van der Waals surface area (Å²) in [4.78, 5) is 23.9. The number of hydrogen-bond acceptors (Lipinski definition) is 2. The smallest absolute Gasteiger partial charge is 0.326 e. The lowest BCUT2D eigenvalue weighted by Crippen LogP contribution is -2.42. The van der Waals surface area contributed by atoms with E-state index in [0.717, 1.165) is 27.1 Å². The van der Waals surface area contributed by atoms with Gasteiger partial charge in [-0.05, 0) is 39.1 Å².